The van der Waals surface area contributed by atoms with Crippen molar-refractivity contribution in [2.75, 3.05) is 20.8 Å². The van der Waals surface area contributed by atoms with E-state index in [4.69, 9.17) is 13.3 Å². The van der Waals surface area contributed by atoms with Crippen molar-refractivity contribution >= 4 is 8.80 Å². The number of hydrogen-bond donors (Lipinski definition) is 0. The Hall–Kier alpha value is 0.0969. The topological polar surface area (TPSA) is 27.7 Å². The lowest BCUT2D eigenvalue weighted by atomic mass is 10.1. The minimum Gasteiger partial charge on any atom is -0.377 e. The zero-order valence-electron chi connectivity index (χ0n) is 10.4. The molecule has 1 rings (SSSR count). The molecule has 0 aliphatic heterocycles. The van der Waals surface area contributed by atoms with Gasteiger partial charge in [0.05, 0.1) is 0 Å². The van der Waals surface area contributed by atoms with E-state index in [0.717, 1.165) is 12.5 Å². The van der Waals surface area contributed by atoms with E-state index in [-0.39, 0.29) is 0 Å². The predicted octanol–water partition coefficient (Wildman–Crippen LogP) is 2.83. The average Bonchev–Trinajstić information content (AvgIpc) is 2.72. The largest absolute Gasteiger partial charge is 0.503 e. The van der Waals surface area contributed by atoms with E-state index in [9.17, 15) is 0 Å². The summed E-state index contributed by atoms with van der Waals surface area (Å²) in [6.45, 7) is 5.02. The summed E-state index contributed by atoms with van der Waals surface area (Å²) in [6, 6.07) is 0. The van der Waals surface area contributed by atoms with Crippen LogP contribution in [0.5, 0.6) is 0 Å². The fourth-order valence-electron chi connectivity index (χ4n) is 2.25. The van der Waals surface area contributed by atoms with E-state index < -0.39 is 8.80 Å². The smallest absolute Gasteiger partial charge is 0.377 e. The molecule has 0 unspecified atom stereocenters. The summed E-state index contributed by atoms with van der Waals surface area (Å²) in [5.41, 5.74) is 0.328. The molecular formula is C11H24O3Si. The van der Waals surface area contributed by atoms with Crippen LogP contribution >= 0.6 is 0 Å². The van der Waals surface area contributed by atoms with Gasteiger partial charge < -0.3 is 13.3 Å². The van der Waals surface area contributed by atoms with Crippen molar-refractivity contribution in [2.45, 2.75) is 45.1 Å². The van der Waals surface area contributed by atoms with E-state index in [1.807, 2.05) is 0 Å². The maximum absolute atomic E-state index is 5.97. The highest BCUT2D eigenvalue weighted by Crippen LogP contribution is 2.29. The highest BCUT2D eigenvalue weighted by atomic mass is 28.4. The van der Waals surface area contributed by atoms with Crippen molar-refractivity contribution in [1.29, 1.82) is 0 Å². The second kappa shape index (κ2) is 5.99. The van der Waals surface area contributed by atoms with Gasteiger partial charge in [-0.25, -0.2) is 0 Å². The van der Waals surface area contributed by atoms with Gasteiger partial charge in [-0.1, -0.05) is 26.7 Å². The molecular weight excluding hydrogens is 208 g/mol. The Labute approximate surface area is 94.5 Å². The third kappa shape index (κ3) is 3.28. The van der Waals surface area contributed by atoms with Crippen LogP contribution < -0.4 is 0 Å². The fourth-order valence-corrected chi connectivity index (χ4v) is 4.40. The second-order valence-electron chi connectivity index (χ2n) is 4.63. The Bertz CT molecular complexity index is 175. The van der Waals surface area contributed by atoms with E-state index in [0.29, 0.717) is 5.54 Å². The first-order valence-electron chi connectivity index (χ1n) is 5.89. The standard InChI is InChI=1S/C11H24O3Si/c1-10(2)15(12-3,13-4)14-9-11-7-5-6-8-11/h10-11H,5-9H2,1-4H3. The summed E-state index contributed by atoms with van der Waals surface area (Å²) in [5.74, 6) is 0.723. The zero-order valence-corrected chi connectivity index (χ0v) is 11.4. The van der Waals surface area contributed by atoms with Gasteiger partial charge in [0.1, 0.15) is 0 Å². The van der Waals surface area contributed by atoms with Gasteiger partial charge >= 0.3 is 8.80 Å². The van der Waals surface area contributed by atoms with Crippen LogP contribution in [0.1, 0.15) is 39.5 Å². The summed E-state index contributed by atoms with van der Waals surface area (Å²) >= 11 is 0. The van der Waals surface area contributed by atoms with Crippen LogP contribution in [0.15, 0.2) is 0 Å². The normalized spacial score (nSPS) is 19.0. The summed E-state index contributed by atoms with van der Waals surface area (Å²) in [6.07, 6.45) is 5.31. The fraction of sp³-hybridized carbons (Fsp3) is 1.00. The van der Waals surface area contributed by atoms with Crippen LogP contribution in [0.2, 0.25) is 5.54 Å². The molecule has 0 radical (unpaired) electrons. The summed E-state index contributed by atoms with van der Waals surface area (Å²) in [5, 5.41) is 0. The van der Waals surface area contributed by atoms with Gasteiger partial charge in [0.25, 0.3) is 0 Å². The van der Waals surface area contributed by atoms with E-state index in [2.05, 4.69) is 13.8 Å². The molecule has 1 fully saturated rings. The highest BCUT2D eigenvalue weighted by molar-refractivity contribution is 6.62. The molecule has 0 aromatic heterocycles. The molecule has 1 saturated carbocycles. The molecule has 15 heavy (non-hydrogen) atoms. The minimum atomic E-state index is -2.39. The monoisotopic (exact) mass is 232 g/mol. The molecule has 1 aliphatic rings. The first kappa shape index (κ1) is 13.2. The molecule has 0 saturated heterocycles. The van der Waals surface area contributed by atoms with Crippen LogP contribution in [-0.2, 0) is 13.3 Å². The molecule has 0 bridgehead atoms. The van der Waals surface area contributed by atoms with Gasteiger partial charge in [-0.2, -0.15) is 0 Å². The van der Waals surface area contributed by atoms with Crippen molar-refractivity contribution < 1.29 is 13.3 Å². The molecule has 0 aromatic rings. The quantitative estimate of drug-likeness (QED) is 0.659. The van der Waals surface area contributed by atoms with Crippen molar-refractivity contribution in [1.82, 2.24) is 0 Å². The Kier molecular flexibility index (Phi) is 5.25. The van der Waals surface area contributed by atoms with Gasteiger partial charge in [-0.15, -0.1) is 0 Å². The molecule has 0 spiro atoms. The number of hydrogen-bond acceptors (Lipinski definition) is 3. The third-order valence-electron chi connectivity index (χ3n) is 3.27. The van der Waals surface area contributed by atoms with Gasteiger partial charge in [0, 0.05) is 26.4 Å². The van der Waals surface area contributed by atoms with Crippen molar-refractivity contribution in [2.24, 2.45) is 5.92 Å². The van der Waals surface area contributed by atoms with Gasteiger partial charge in [0.15, 0.2) is 0 Å². The lowest BCUT2D eigenvalue weighted by molar-refractivity contribution is 0.0757. The third-order valence-corrected chi connectivity index (χ3v) is 6.39. The summed E-state index contributed by atoms with van der Waals surface area (Å²) in [4.78, 5) is 0. The second-order valence-corrected chi connectivity index (χ2v) is 8.09. The molecule has 0 atom stereocenters. The maximum atomic E-state index is 5.97. The molecule has 0 amide bonds. The lowest BCUT2D eigenvalue weighted by Gasteiger charge is -2.30. The van der Waals surface area contributed by atoms with E-state index >= 15 is 0 Å². The molecule has 0 heterocycles. The van der Waals surface area contributed by atoms with Gasteiger partial charge in [-0.3, -0.25) is 0 Å². The van der Waals surface area contributed by atoms with E-state index in [1.54, 1.807) is 14.2 Å². The predicted molar refractivity (Wildman–Crippen MR) is 62.8 cm³/mol. The summed E-state index contributed by atoms with van der Waals surface area (Å²) < 4.78 is 17.0. The maximum Gasteiger partial charge on any atom is 0.503 e. The van der Waals surface area contributed by atoms with Gasteiger partial charge in [0.2, 0.25) is 0 Å². The molecule has 1 aliphatic carbocycles. The first-order chi connectivity index (χ1) is 7.14. The van der Waals surface area contributed by atoms with Crippen molar-refractivity contribution in [3.8, 4) is 0 Å². The van der Waals surface area contributed by atoms with Crippen LogP contribution in [0.4, 0.5) is 0 Å². The molecule has 3 nitrogen and oxygen atoms in total. The molecule has 90 valence electrons. The molecule has 4 heteroatoms. The van der Waals surface area contributed by atoms with Crippen LogP contribution in [0, 0.1) is 5.92 Å². The Balaban J connectivity index is 2.42. The Morgan fingerprint density at radius 1 is 1.13 bits per heavy atom. The molecule has 0 aromatic carbocycles. The van der Waals surface area contributed by atoms with Crippen LogP contribution in [0.25, 0.3) is 0 Å². The van der Waals surface area contributed by atoms with E-state index in [1.165, 1.54) is 25.7 Å². The SMILES string of the molecule is CO[Si](OC)(OCC1CCCC1)C(C)C. The zero-order chi connectivity index (χ0) is 11.3. The number of rotatable bonds is 6. The summed E-state index contributed by atoms with van der Waals surface area (Å²) in [7, 11) is 1.01. The van der Waals surface area contributed by atoms with Crippen LogP contribution in [0.3, 0.4) is 0 Å². The van der Waals surface area contributed by atoms with Gasteiger partial charge in [-0.05, 0) is 18.8 Å². The Morgan fingerprint density at radius 2 is 1.67 bits per heavy atom. The van der Waals surface area contributed by atoms with Crippen molar-refractivity contribution in [3.05, 3.63) is 0 Å². The Morgan fingerprint density at radius 3 is 2.07 bits per heavy atom. The lowest BCUT2D eigenvalue weighted by Crippen LogP contribution is -2.47. The minimum absolute atomic E-state index is 0.328. The molecule has 0 N–H and O–H groups in total. The average molecular weight is 232 g/mol. The van der Waals surface area contributed by atoms with Crippen LogP contribution in [-0.4, -0.2) is 29.6 Å². The van der Waals surface area contributed by atoms with Crippen molar-refractivity contribution in [3.63, 3.8) is 0 Å². The first-order valence-corrected chi connectivity index (χ1v) is 7.69. The highest BCUT2D eigenvalue weighted by Gasteiger charge is 2.43.